The molecule has 1 aromatic carbocycles. The second-order valence-corrected chi connectivity index (χ2v) is 5.50. The molecule has 1 aromatic heterocycles. The summed E-state index contributed by atoms with van der Waals surface area (Å²) in [5.74, 6) is 0. The monoisotopic (exact) mass is 266 g/mol. The zero-order valence-electron chi connectivity index (χ0n) is 9.84. The maximum Gasteiger partial charge on any atom is 0.238 e. The maximum atomic E-state index is 11.1. The number of hydrogen-bond donors (Lipinski definition) is 3. The smallest absolute Gasteiger partial charge is 0.238 e. The van der Waals surface area contributed by atoms with Gasteiger partial charge in [-0.05, 0) is 31.2 Å². The highest BCUT2D eigenvalue weighted by Gasteiger charge is 2.06. The van der Waals surface area contributed by atoms with Gasteiger partial charge in [0.25, 0.3) is 0 Å². The third-order valence-electron chi connectivity index (χ3n) is 2.60. The number of benzene rings is 1. The van der Waals surface area contributed by atoms with Crippen molar-refractivity contribution in [2.24, 2.45) is 5.14 Å². The molecule has 0 amide bonds. The number of nitrogens with one attached hydrogen (secondary N) is 2. The second kappa shape index (κ2) is 4.79. The van der Waals surface area contributed by atoms with E-state index >= 15 is 0 Å². The molecule has 2 rings (SSSR count). The highest BCUT2D eigenvalue weighted by Crippen LogP contribution is 2.14. The van der Waals surface area contributed by atoms with Crippen molar-refractivity contribution in [2.75, 3.05) is 5.32 Å². The molecule has 0 aliphatic heterocycles. The number of rotatable bonds is 4. The van der Waals surface area contributed by atoms with Crippen LogP contribution in [0.1, 0.15) is 11.3 Å². The van der Waals surface area contributed by atoms with Gasteiger partial charge in [0.1, 0.15) is 0 Å². The van der Waals surface area contributed by atoms with Crippen LogP contribution >= 0.6 is 0 Å². The summed E-state index contributed by atoms with van der Waals surface area (Å²) in [6.45, 7) is 2.56. The zero-order chi connectivity index (χ0) is 13.2. The number of nitrogens with two attached hydrogens (primary N) is 1. The number of primary sulfonamides is 1. The summed E-state index contributed by atoms with van der Waals surface area (Å²) >= 11 is 0. The lowest BCUT2D eigenvalue weighted by Gasteiger charge is -2.06. The van der Waals surface area contributed by atoms with E-state index in [0.717, 1.165) is 16.9 Å². The van der Waals surface area contributed by atoms with Gasteiger partial charge < -0.3 is 5.32 Å². The Morgan fingerprint density at radius 1 is 1.33 bits per heavy atom. The summed E-state index contributed by atoms with van der Waals surface area (Å²) in [6, 6.07) is 6.30. The predicted molar refractivity (Wildman–Crippen MR) is 68.5 cm³/mol. The topological polar surface area (TPSA) is 101 Å². The molecule has 4 N–H and O–H groups in total. The highest BCUT2D eigenvalue weighted by atomic mass is 32.2. The summed E-state index contributed by atoms with van der Waals surface area (Å²) in [6.07, 6.45) is 1.75. The van der Waals surface area contributed by atoms with Crippen LogP contribution in [0.25, 0.3) is 0 Å². The Morgan fingerprint density at radius 3 is 2.50 bits per heavy atom. The Labute approximate surface area is 105 Å². The van der Waals surface area contributed by atoms with Crippen molar-refractivity contribution < 1.29 is 8.42 Å². The van der Waals surface area contributed by atoms with Gasteiger partial charge in [0.2, 0.25) is 10.0 Å². The first kappa shape index (κ1) is 12.6. The van der Waals surface area contributed by atoms with E-state index in [-0.39, 0.29) is 4.90 Å². The van der Waals surface area contributed by atoms with Gasteiger partial charge in [-0.2, -0.15) is 5.10 Å². The van der Waals surface area contributed by atoms with Crippen LogP contribution in [0.3, 0.4) is 0 Å². The van der Waals surface area contributed by atoms with Crippen molar-refractivity contribution >= 4 is 15.7 Å². The first-order valence-electron chi connectivity index (χ1n) is 5.32. The molecule has 0 spiro atoms. The lowest BCUT2D eigenvalue weighted by Crippen LogP contribution is -2.12. The van der Waals surface area contributed by atoms with E-state index in [9.17, 15) is 8.42 Å². The molecular weight excluding hydrogens is 252 g/mol. The fraction of sp³-hybridized carbons (Fsp3) is 0.182. The maximum absolute atomic E-state index is 11.1. The molecule has 0 saturated heterocycles. The number of hydrogen-bond acceptors (Lipinski definition) is 4. The van der Waals surface area contributed by atoms with E-state index in [1.54, 1.807) is 18.3 Å². The summed E-state index contributed by atoms with van der Waals surface area (Å²) in [7, 11) is -3.63. The number of nitrogens with zero attached hydrogens (tertiary/aromatic N) is 1. The largest absolute Gasteiger partial charge is 0.381 e. The molecule has 0 fully saturated rings. The van der Waals surface area contributed by atoms with E-state index < -0.39 is 10.0 Å². The highest BCUT2D eigenvalue weighted by molar-refractivity contribution is 7.89. The molecule has 0 aliphatic rings. The molecule has 0 radical (unpaired) electrons. The van der Waals surface area contributed by atoms with Crippen molar-refractivity contribution in [3.8, 4) is 0 Å². The SMILES string of the molecule is Cc1[nH]ncc1CNc1ccc(S(N)(=O)=O)cc1. The number of sulfonamides is 1. The van der Waals surface area contributed by atoms with Crippen molar-refractivity contribution in [3.05, 3.63) is 41.7 Å². The lowest BCUT2D eigenvalue weighted by atomic mass is 10.2. The van der Waals surface area contributed by atoms with Crippen LogP contribution in [0, 0.1) is 6.92 Å². The fourth-order valence-electron chi connectivity index (χ4n) is 1.51. The van der Waals surface area contributed by atoms with Crippen LogP contribution in [-0.2, 0) is 16.6 Å². The van der Waals surface area contributed by atoms with Crippen LogP contribution in [0.4, 0.5) is 5.69 Å². The molecule has 1 heterocycles. The standard InChI is InChI=1S/C11H14N4O2S/c1-8-9(7-14-15-8)6-13-10-2-4-11(5-3-10)18(12,16)17/h2-5,7,13H,6H2,1H3,(H,14,15)(H2,12,16,17). The van der Waals surface area contributed by atoms with Gasteiger partial charge in [-0.3, -0.25) is 5.10 Å². The molecule has 2 aromatic rings. The van der Waals surface area contributed by atoms with Crippen molar-refractivity contribution in [1.82, 2.24) is 10.2 Å². The van der Waals surface area contributed by atoms with Crippen molar-refractivity contribution in [1.29, 1.82) is 0 Å². The summed E-state index contributed by atoms with van der Waals surface area (Å²) in [5, 5.41) is 15.0. The minimum Gasteiger partial charge on any atom is -0.381 e. The second-order valence-electron chi connectivity index (χ2n) is 3.94. The summed E-state index contributed by atoms with van der Waals surface area (Å²) in [5.41, 5.74) is 2.89. The Morgan fingerprint density at radius 2 is 2.00 bits per heavy atom. The van der Waals surface area contributed by atoms with Gasteiger partial charge >= 0.3 is 0 Å². The average Bonchev–Trinajstić information content (AvgIpc) is 2.72. The Hall–Kier alpha value is -1.86. The molecule has 6 nitrogen and oxygen atoms in total. The lowest BCUT2D eigenvalue weighted by molar-refractivity contribution is 0.598. The number of aryl methyl sites for hydroxylation is 1. The van der Waals surface area contributed by atoms with Gasteiger partial charge in [0, 0.05) is 23.5 Å². The molecule has 0 unspecified atom stereocenters. The Kier molecular flexibility index (Phi) is 3.35. The van der Waals surface area contributed by atoms with Crippen LogP contribution in [0.5, 0.6) is 0 Å². The van der Waals surface area contributed by atoms with Gasteiger partial charge in [-0.1, -0.05) is 0 Å². The molecule has 0 saturated carbocycles. The van der Waals surface area contributed by atoms with E-state index in [1.165, 1.54) is 12.1 Å². The molecule has 0 atom stereocenters. The van der Waals surface area contributed by atoms with E-state index in [0.29, 0.717) is 6.54 Å². The van der Waals surface area contributed by atoms with E-state index in [1.807, 2.05) is 6.92 Å². The third kappa shape index (κ3) is 2.88. The minimum absolute atomic E-state index is 0.104. The molecule has 7 heteroatoms. The average molecular weight is 266 g/mol. The minimum atomic E-state index is -3.63. The van der Waals surface area contributed by atoms with Crippen molar-refractivity contribution in [3.63, 3.8) is 0 Å². The van der Waals surface area contributed by atoms with Crippen LogP contribution in [0.2, 0.25) is 0 Å². The quantitative estimate of drug-likeness (QED) is 0.767. The first-order valence-corrected chi connectivity index (χ1v) is 6.87. The Balaban J connectivity index is 2.05. The number of anilines is 1. The molecule has 0 bridgehead atoms. The first-order chi connectivity index (χ1) is 8.47. The van der Waals surface area contributed by atoms with Gasteiger partial charge in [0.05, 0.1) is 11.1 Å². The molecule has 96 valence electrons. The van der Waals surface area contributed by atoms with E-state index in [2.05, 4.69) is 15.5 Å². The van der Waals surface area contributed by atoms with Crippen LogP contribution in [-0.4, -0.2) is 18.6 Å². The molecular formula is C11H14N4O2S. The number of aromatic nitrogens is 2. The fourth-order valence-corrected chi connectivity index (χ4v) is 2.03. The Bertz CT molecular complexity index is 631. The summed E-state index contributed by atoms with van der Waals surface area (Å²) in [4.78, 5) is 0.104. The van der Waals surface area contributed by atoms with Gasteiger partial charge in [-0.25, -0.2) is 13.6 Å². The third-order valence-corrected chi connectivity index (χ3v) is 3.53. The molecule has 0 aliphatic carbocycles. The molecule has 18 heavy (non-hydrogen) atoms. The van der Waals surface area contributed by atoms with E-state index in [4.69, 9.17) is 5.14 Å². The van der Waals surface area contributed by atoms with Crippen molar-refractivity contribution in [2.45, 2.75) is 18.4 Å². The normalized spacial score (nSPS) is 11.4. The van der Waals surface area contributed by atoms with Crippen LogP contribution in [0.15, 0.2) is 35.4 Å². The summed E-state index contributed by atoms with van der Waals surface area (Å²) < 4.78 is 22.2. The zero-order valence-corrected chi connectivity index (χ0v) is 10.7. The predicted octanol–water partition coefficient (Wildman–Crippen LogP) is 0.978. The number of aromatic amines is 1. The van der Waals surface area contributed by atoms with Crippen LogP contribution < -0.4 is 10.5 Å². The van der Waals surface area contributed by atoms with Gasteiger partial charge in [0.15, 0.2) is 0 Å². The van der Waals surface area contributed by atoms with Gasteiger partial charge in [-0.15, -0.1) is 0 Å². The number of H-pyrrole nitrogens is 1.